The van der Waals surface area contributed by atoms with Crippen LogP contribution in [0.25, 0.3) is 0 Å². The largest absolute Gasteiger partial charge is 0.506 e. The Morgan fingerprint density at radius 3 is 2.80 bits per heavy atom. The van der Waals surface area contributed by atoms with Crippen LogP contribution in [0.1, 0.15) is 5.69 Å². The molecule has 0 saturated carbocycles. The molecule has 0 aliphatic rings. The number of rotatable bonds is 1. The van der Waals surface area contributed by atoms with Crippen LogP contribution in [0.15, 0.2) is 12.3 Å². The minimum Gasteiger partial charge on any atom is -0.506 e. The van der Waals surface area contributed by atoms with E-state index >= 15 is 0 Å². The first-order valence-electron chi connectivity index (χ1n) is 2.68. The van der Waals surface area contributed by atoms with Gasteiger partial charge < -0.3 is 10.2 Å². The number of nitrogens with zero attached hydrogens (tertiary/aromatic N) is 1. The average Bonchev–Trinajstić information content (AvgIpc) is 1.88. The summed E-state index contributed by atoms with van der Waals surface area (Å²) in [6, 6.07) is 0.901. The third-order valence-electron chi connectivity index (χ3n) is 1.06. The van der Waals surface area contributed by atoms with Crippen LogP contribution in [0, 0.1) is 5.82 Å². The summed E-state index contributed by atoms with van der Waals surface area (Å²) in [6.07, 6.45) is 0.936. The molecule has 2 N–H and O–H groups in total. The molecule has 0 fully saturated rings. The smallest absolute Gasteiger partial charge is 0.145 e. The van der Waals surface area contributed by atoms with Gasteiger partial charge in [0, 0.05) is 6.07 Å². The zero-order valence-electron chi connectivity index (χ0n) is 5.08. The van der Waals surface area contributed by atoms with Gasteiger partial charge in [-0.2, -0.15) is 0 Å². The van der Waals surface area contributed by atoms with E-state index in [1.54, 1.807) is 0 Å². The van der Waals surface area contributed by atoms with Crippen molar-refractivity contribution in [2.75, 3.05) is 0 Å². The van der Waals surface area contributed by atoms with Gasteiger partial charge in [0.05, 0.1) is 12.8 Å². The monoisotopic (exact) mass is 143 g/mol. The van der Waals surface area contributed by atoms with E-state index in [2.05, 4.69) is 4.98 Å². The molecule has 1 heterocycles. The molecular weight excluding hydrogens is 137 g/mol. The molecule has 1 rings (SSSR count). The summed E-state index contributed by atoms with van der Waals surface area (Å²) >= 11 is 0. The Morgan fingerprint density at radius 1 is 1.60 bits per heavy atom. The van der Waals surface area contributed by atoms with Crippen LogP contribution in [0.2, 0.25) is 0 Å². The van der Waals surface area contributed by atoms with Crippen LogP contribution in [-0.2, 0) is 6.61 Å². The molecule has 0 aliphatic carbocycles. The van der Waals surface area contributed by atoms with E-state index < -0.39 is 5.82 Å². The van der Waals surface area contributed by atoms with Crippen LogP contribution in [-0.4, -0.2) is 15.2 Å². The minimum absolute atomic E-state index is 0.0846. The van der Waals surface area contributed by atoms with Gasteiger partial charge >= 0.3 is 0 Å². The van der Waals surface area contributed by atoms with Gasteiger partial charge in [-0.25, -0.2) is 4.39 Å². The van der Waals surface area contributed by atoms with Crippen molar-refractivity contribution in [1.29, 1.82) is 0 Å². The Hall–Kier alpha value is -1.16. The first-order chi connectivity index (χ1) is 4.74. The highest BCUT2D eigenvalue weighted by molar-refractivity contribution is 5.24. The molecule has 0 spiro atoms. The minimum atomic E-state index is -0.616. The molecule has 4 heteroatoms. The van der Waals surface area contributed by atoms with Crippen LogP contribution in [0.3, 0.4) is 0 Å². The van der Waals surface area contributed by atoms with Gasteiger partial charge in [0.25, 0.3) is 0 Å². The lowest BCUT2D eigenvalue weighted by atomic mass is 10.3. The molecule has 3 nitrogen and oxygen atoms in total. The summed E-state index contributed by atoms with van der Waals surface area (Å²) < 4.78 is 12.2. The van der Waals surface area contributed by atoms with Gasteiger partial charge in [-0.05, 0) is 0 Å². The van der Waals surface area contributed by atoms with E-state index in [9.17, 15) is 4.39 Å². The van der Waals surface area contributed by atoms with Gasteiger partial charge in [-0.15, -0.1) is 0 Å². The molecule has 10 heavy (non-hydrogen) atoms. The molecule has 0 aliphatic heterocycles. The molecule has 54 valence electrons. The number of hydrogen-bond acceptors (Lipinski definition) is 3. The van der Waals surface area contributed by atoms with Crippen molar-refractivity contribution in [2.45, 2.75) is 6.61 Å². The Morgan fingerprint density at radius 2 is 2.30 bits per heavy atom. The van der Waals surface area contributed by atoms with Crippen molar-refractivity contribution in [2.24, 2.45) is 0 Å². The maximum absolute atomic E-state index is 12.2. The number of aliphatic hydroxyl groups is 1. The lowest BCUT2D eigenvalue weighted by Crippen LogP contribution is -1.89. The van der Waals surface area contributed by atoms with E-state index in [1.165, 1.54) is 0 Å². The number of halogens is 1. The van der Waals surface area contributed by atoms with Crippen molar-refractivity contribution in [3.05, 3.63) is 23.8 Å². The first-order valence-corrected chi connectivity index (χ1v) is 2.68. The predicted molar refractivity (Wildman–Crippen MR) is 31.8 cm³/mol. The van der Waals surface area contributed by atoms with Gasteiger partial charge in [0.2, 0.25) is 0 Å². The standard InChI is InChI=1S/C6H6FNO2/c7-4-1-6(10)5(3-9)8-2-4/h1-2,9-10H,3H2. The molecule has 0 saturated heterocycles. The van der Waals surface area contributed by atoms with Crippen LogP contribution >= 0.6 is 0 Å². The maximum Gasteiger partial charge on any atom is 0.145 e. The molecule has 0 radical (unpaired) electrons. The predicted octanol–water partition coefficient (Wildman–Crippen LogP) is 0.419. The first kappa shape index (κ1) is 6.95. The summed E-state index contributed by atoms with van der Waals surface area (Å²) in [5, 5.41) is 17.3. The average molecular weight is 143 g/mol. The van der Waals surface area contributed by atoms with E-state index in [0.29, 0.717) is 0 Å². The van der Waals surface area contributed by atoms with E-state index in [1.807, 2.05) is 0 Å². The van der Waals surface area contributed by atoms with Crippen molar-refractivity contribution in [3.8, 4) is 5.75 Å². The second-order valence-electron chi connectivity index (χ2n) is 1.78. The fraction of sp³-hybridized carbons (Fsp3) is 0.167. The Kier molecular flexibility index (Phi) is 1.82. The third kappa shape index (κ3) is 1.22. The molecule has 0 atom stereocenters. The van der Waals surface area contributed by atoms with Gasteiger partial charge in [-0.1, -0.05) is 0 Å². The number of pyridine rings is 1. The van der Waals surface area contributed by atoms with E-state index in [0.717, 1.165) is 12.3 Å². The van der Waals surface area contributed by atoms with Crippen LogP contribution < -0.4 is 0 Å². The zero-order valence-corrected chi connectivity index (χ0v) is 5.08. The fourth-order valence-corrected chi connectivity index (χ4v) is 0.579. The fourth-order valence-electron chi connectivity index (χ4n) is 0.579. The van der Waals surface area contributed by atoms with Gasteiger partial charge in [0.1, 0.15) is 17.3 Å². The zero-order chi connectivity index (χ0) is 7.56. The van der Waals surface area contributed by atoms with Crippen molar-refractivity contribution >= 4 is 0 Å². The SMILES string of the molecule is OCc1ncc(F)cc1O. The summed E-state index contributed by atoms with van der Waals surface area (Å²) in [5.41, 5.74) is 0.0846. The van der Waals surface area contributed by atoms with Gasteiger partial charge in [-0.3, -0.25) is 4.98 Å². The van der Waals surface area contributed by atoms with Crippen molar-refractivity contribution in [1.82, 2.24) is 4.98 Å². The number of hydrogen-bond donors (Lipinski definition) is 2. The summed E-state index contributed by atoms with van der Waals surface area (Å²) in [5.74, 6) is -0.933. The summed E-state index contributed by atoms with van der Waals surface area (Å²) in [6.45, 7) is -0.383. The van der Waals surface area contributed by atoms with Crippen LogP contribution in [0.4, 0.5) is 4.39 Å². The van der Waals surface area contributed by atoms with Crippen molar-refractivity contribution < 1.29 is 14.6 Å². The highest BCUT2D eigenvalue weighted by atomic mass is 19.1. The molecule has 0 bridgehead atoms. The molecule has 1 aromatic rings. The normalized spacial score (nSPS) is 9.80. The number of aromatic nitrogens is 1. The molecular formula is C6H6FNO2. The molecule has 1 aromatic heterocycles. The molecule has 0 aromatic carbocycles. The van der Waals surface area contributed by atoms with Crippen LogP contribution in [0.5, 0.6) is 5.75 Å². The topological polar surface area (TPSA) is 53.4 Å². The summed E-state index contributed by atoms with van der Waals surface area (Å²) in [4.78, 5) is 3.42. The van der Waals surface area contributed by atoms with E-state index in [-0.39, 0.29) is 18.1 Å². The Balaban J connectivity index is 3.07. The lowest BCUT2D eigenvalue weighted by Gasteiger charge is -1.97. The summed E-state index contributed by atoms with van der Waals surface area (Å²) in [7, 11) is 0. The Bertz CT molecular complexity index is 239. The van der Waals surface area contributed by atoms with Gasteiger partial charge in [0.15, 0.2) is 0 Å². The third-order valence-corrected chi connectivity index (χ3v) is 1.06. The highest BCUT2D eigenvalue weighted by Gasteiger charge is 2.00. The second kappa shape index (κ2) is 2.62. The number of aliphatic hydroxyl groups excluding tert-OH is 1. The molecule has 0 unspecified atom stereocenters. The maximum atomic E-state index is 12.2. The Labute approximate surface area is 56.8 Å². The highest BCUT2D eigenvalue weighted by Crippen LogP contribution is 2.13. The number of aromatic hydroxyl groups is 1. The van der Waals surface area contributed by atoms with Crippen molar-refractivity contribution in [3.63, 3.8) is 0 Å². The quantitative estimate of drug-likeness (QED) is 0.599. The molecule has 0 amide bonds. The van der Waals surface area contributed by atoms with E-state index in [4.69, 9.17) is 10.2 Å². The second-order valence-corrected chi connectivity index (χ2v) is 1.78. The lowest BCUT2D eigenvalue weighted by molar-refractivity contribution is 0.269.